The first-order chi connectivity index (χ1) is 9.78. The second-order valence-electron chi connectivity index (χ2n) is 4.75. The molecule has 1 aromatic heterocycles. The topological polar surface area (TPSA) is 61.5 Å². The second-order valence-corrected chi connectivity index (χ2v) is 4.75. The highest BCUT2D eigenvalue weighted by Gasteiger charge is 2.23. The molecule has 6 nitrogen and oxygen atoms in total. The molecule has 1 N–H and O–H groups in total. The Balaban J connectivity index is 0.00000161. The molecule has 0 spiro atoms. The number of carbonyl (C=O) groups excluding carboxylic acids is 1. The number of para-hydroxylation sites is 2. The Morgan fingerprint density at radius 1 is 1.29 bits per heavy atom. The summed E-state index contributed by atoms with van der Waals surface area (Å²) in [6.45, 7) is 5.09. The van der Waals surface area contributed by atoms with Gasteiger partial charge >= 0.3 is 6.09 Å². The fraction of sp³-hybridized carbons (Fsp3) is 0.429. The van der Waals surface area contributed by atoms with Crippen molar-refractivity contribution in [2.24, 2.45) is 0 Å². The zero-order valence-electron chi connectivity index (χ0n) is 11.9. The van der Waals surface area contributed by atoms with Gasteiger partial charge in [0.1, 0.15) is 0 Å². The van der Waals surface area contributed by atoms with Gasteiger partial charge in [-0.15, -0.1) is 12.4 Å². The molecule has 3 rings (SSSR count). The van der Waals surface area contributed by atoms with Gasteiger partial charge in [0.15, 0.2) is 0 Å². The molecule has 1 aromatic carbocycles. The number of benzene rings is 1. The third kappa shape index (κ3) is 3.21. The number of anilines is 1. The maximum absolute atomic E-state index is 11.6. The summed E-state index contributed by atoms with van der Waals surface area (Å²) in [5, 5.41) is 0. The zero-order chi connectivity index (χ0) is 13.9. The number of rotatable bonds is 2. The van der Waals surface area contributed by atoms with Crippen LogP contribution in [-0.2, 0) is 4.74 Å². The highest BCUT2D eigenvalue weighted by molar-refractivity contribution is 5.85. The largest absolute Gasteiger partial charge is 0.450 e. The molecule has 2 aromatic rings. The minimum atomic E-state index is -0.225. The third-order valence-corrected chi connectivity index (χ3v) is 3.48. The van der Waals surface area contributed by atoms with E-state index in [0.29, 0.717) is 19.7 Å². The number of aromatic nitrogens is 2. The first-order valence-corrected chi connectivity index (χ1v) is 6.89. The normalized spacial score (nSPS) is 14.9. The average molecular weight is 311 g/mol. The van der Waals surface area contributed by atoms with Gasteiger partial charge in [-0.3, -0.25) is 0 Å². The lowest BCUT2D eigenvalue weighted by Crippen LogP contribution is -2.49. The number of piperazine rings is 1. The van der Waals surface area contributed by atoms with Crippen molar-refractivity contribution in [3.05, 3.63) is 24.3 Å². The van der Waals surface area contributed by atoms with E-state index in [1.54, 1.807) is 4.90 Å². The Labute approximate surface area is 129 Å². The number of nitrogens with one attached hydrogen (secondary N) is 1. The molecule has 1 aliphatic rings. The molecule has 0 unspecified atom stereocenters. The average Bonchev–Trinajstić information content (AvgIpc) is 2.91. The third-order valence-electron chi connectivity index (χ3n) is 3.48. The van der Waals surface area contributed by atoms with Crippen molar-refractivity contribution >= 4 is 35.5 Å². The molecule has 7 heteroatoms. The highest BCUT2D eigenvalue weighted by Crippen LogP contribution is 2.18. The van der Waals surface area contributed by atoms with Crippen LogP contribution in [0.2, 0.25) is 0 Å². The Morgan fingerprint density at radius 2 is 2.00 bits per heavy atom. The van der Waals surface area contributed by atoms with E-state index in [1.807, 2.05) is 31.2 Å². The number of amides is 1. The number of nitrogens with zero attached hydrogens (tertiary/aromatic N) is 3. The van der Waals surface area contributed by atoms with Gasteiger partial charge in [0, 0.05) is 26.2 Å². The molecular weight excluding hydrogens is 292 g/mol. The Hall–Kier alpha value is -1.95. The van der Waals surface area contributed by atoms with Crippen LogP contribution in [0.15, 0.2) is 24.3 Å². The minimum Gasteiger partial charge on any atom is -0.450 e. The van der Waals surface area contributed by atoms with Crippen LogP contribution in [0.1, 0.15) is 6.92 Å². The van der Waals surface area contributed by atoms with Crippen molar-refractivity contribution < 1.29 is 9.53 Å². The molecule has 0 atom stereocenters. The molecule has 0 radical (unpaired) electrons. The Bertz CT molecular complexity index is 575. The number of H-pyrrole nitrogens is 1. The van der Waals surface area contributed by atoms with E-state index in [1.165, 1.54) is 0 Å². The number of hydrogen-bond acceptors (Lipinski definition) is 4. The molecule has 0 aliphatic carbocycles. The molecule has 21 heavy (non-hydrogen) atoms. The number of ether oxygens (including phenoxy) is 1. The van der Waals surface area contributed by atoms with Crippen LogP contribution >= 0.6 is 12.4 Å². The van der Waals surface area contributed by atoms with Crippen LogP contribution in [0, 0.1) is 0 Å². The molecule has 114 valence electrons. The number of halogens is 1. The van der Waals surface area contributed by atoms with Crippen molar-refractivity contribution in [2.45, 2.75) is 6.92 Å². The number of carbonyl (C=O) groups is 1. The Morgan fingerprint density at radius 3 is 2.67 bits per heavy atom. The van der Waals surface area contributed by atoms with Crippen LogP contribution in [0.5, 0.6) is 0 Å². The minimum absolute atomic E-state index is 0. The van der Waals surface area contributed by atoms with Crippen molar-refractivity contribution in [2.75, 3.05) is 37.7 Å². The summed E-state index contributed by atoms with van der Waals surface area (Å²) in [7, 11) is 0. The Kier molecular flexibility index (Phi) is 4.90. The summed E-state index contributed by atoms with van der Waals surface area (Å²) < 4.78 is 5.02. The van der Waals surface area contributed by atoms with E-state index >= 15 is 0 Å². The van der Waals surface area contributed by atoms with E-state index in [0.717, 1.165) is 30.1 Å². The maximum Gasteiger partial charge on any atom is 0.409 e. The summed E-state index contributed by atoms with van der Waals surface area (Å²) in [6, 6.07) is 7.97. The second kappa shape index (κ2) is 6.67. The van der Waals surface area contributed by atoms with Crippen LogP contribution in [0.4, 0.5) is 10.7 Å². The lowest BCUT2D eigenvalue weighted by atomic mass is 10.3. The van der Waals surface area contributed by atoms with Gasteiger partial charge in [-0.2, -0.15) is 0 Å². The van der Waals surface area contributed by atoms with E-state index in [9.17, 15) is 4.79 Å². The van der Waals surface area contributed by atoms with E-state index in [4.69, 9.17) is 4.74 Å². The maximum atomic E-state index is 11.6. The fourth-order valence-corrected chi connectivity index (χ4v) is 2.40. The van der Waals surface area contributed by atoms with Gasteiger partial charge in [-0.25, -0.2) is 9.78 Å². The first-order valence-electron chi connectivity index (χ1n) is 6.89. The van der Waals surface area contributed by atoms with Gasteiger partial charge in [-0.1, -0.05) is 12.1 Å². The van der Waals surface area contributed by atoms with E-state index in [-0.39, 0.29) is 18.5 Å². The van der Waals surface area contributed by atoms with Crippen LogP contribution in [0.25, 0.3) is 11.0 Å². The summed E-state index contributed by atoms with van der Waals surface area (Å²) in [6.07, 6.45) is -0.225. The van der Waals surface area contributed by atoms with Gasteiger partial charge in [-0.05, 0) is 19.1 Å². The van der Waals surface area contributed by atoms with Gasteiger partial charge < -0.3 is 19.5 Å². The monoisotopic (exact) mass is 310 g/mol. The number of aromatic amines is 1. The predicted octanol–water partition coefficient (Wildman–Crippen LogP) is 2.26. The van der Waals surface area contributed by atoms with Gasteiger partial charge in [0.2, 0.25) is 5.95 Å². The number of fused-ring (bicyclic) bond motifs is 1. The first kappa shape index (κ1) is 15.4. The summed E-state index contributed by atoms with van der Waals surface area (Å²) in [5.74, 6) is 0.870. The van der Waals surface area contributed by atoms with Crippen LogP contribution < -0.4 is 4.90 Å². The SMILES string of the molecule is CCOC(=O)N1CCN(c2nc3ccccc3[nH]2)CC1.Cl. The van der Waals surface area contributed by atoms with Crippen LogP contribution in [0.3, 0.4) is 0 Å². The molecule has 0 bridgehead atoms. The fourth-order valence-electron chi connectivity index (χ4n) is 2.40. The van der Waals surface area contributed by atoms with E-state index in [2.05, 4.69) is 14.9 Å². The number of imidazole rings is 1. The summed E-state index contributed by atoms with van der Waals surface area (Å²) >= 11 is 0. The number of hydrogen-bond donors (Lipinski definition) is 1. The standard InChI is InChI=1S/C14H18N4O2.ClH/c1-2-20-14(19)18-9-7-17(8-10-18)13-15-11-5-3-4-6-12(11)16-13;/h3-6H,2,7-10H2,1H3,(H,15,16);1H. The van der Waals surface area contributed by atoms with Gasteiger partial charge in [0.05, 0.1) is 17.6 Å². The van der Waals surface area contributed by atoms with Crippen molar-refractivity contribution in [3.63, 3.8) is 0 Å². The highest BCUT2D eigenvalue weighted by atomic mass is 35.5. The molecule has 1 aliphatic heterocycles. The van der Waals surface area contributed by atoms with Crippen molar-refractivity contribution in [1.82, 2.24) is 14.9 Å². The molecular formula is C14H19ClN4O2. The van der Waals surface area contributed by atoms with Crippen LogP contribution in [-0.4, -0.2) is 53.7 Å². The van der Waals surface area contributed by atoms with Gasteiger partial charge in [0.25, 0.3) is 0 Å². The zero-order valence-corrected chi connectivity index (χ0v) is 12.7. The lowest BCUT2D eigenvalue weighted by Gasteiger charge is -2.33. The van der Waals surface area contributed by atoms with Crippen molar-refractivity contribution in [3.8, 4) is 0 Å². The quantitative estimate of drug-likeness (QED) is 0.924. The summed E-state index contributed by atoms with van der Waals surface area (Å²) in [5.41, 5.74) is 2.01. The molecule has 1 fully saturated rings. The molecule has 1 amide bonds. The molecule has 1 saturated heterocycles. The predicted molar refractivity (Wildman–Crippen MR) is 84.1 cm³/mol. The molecule has 0 saturated carbocycles. The lowest BCUT2D eigenvalue weighted by molar-refractivity contribution is 0.105. The smallest absolute Gasteiger partial charge is 0.409 e. The van der Waals surface area contributed by atoms with Crippen molar-refractivity contribution in [1.29, 1.82) is 0 Å². The molecule has 2 heterocycles. The van der Waals surface area contributed by atoms with E-state index < -0.39 is 0 Å². The summed E-state index contributed by atoms with van der Waals surface area (Å²) in [4.78, 5) is 23.4.